The molecule has 0 fully saturated rings. The third kappa shape index (κ3) is 7.91. The van der Waals surface area contributed by atoms with Crippen LogP contribution in [0.4, 0.5) is 0 Å². The highest BCUT2D eigenvalue weighted by Crippen LogP contribution is 2.19. The molecule has 0 aliphatic rings. The van der Waals surface area contributed by atoms with Gasteiger partial charge in [0.1, 0.15) is 0 Å². The zero-order valence-corrected chi connectivity index (χ0v) is 18.9. The number of hydrogen-bond donors (Lipinski definition) is 2. The van der Waals surface area contributed by atoms with Gasteiger partial charge in [-0.25, -0.2) is 17.7 Å². The molecule has 0 saturated heterocycles. The van der Waals surface area contributed by atoms with Gasteiger partial charge in [-0.1, -0.05) is 32.0 Å². The molecule has 0 aliphatic heterocycles. The van der Waals surface area contributed by atoms with Crippen molar-refractivity contribution in [3.05, 3.63) is 29.8 Å². The SMILES string of the molecule is CCNC(=NCc1ccccc1S(=O)(=O)N(C)C)NCCC(C)C.I. The number of guanidine groups is 1. The number of aliphatic imine (C=N–C) groups is 1. The molecule has 0 amide bonds. The topological polar surface area (TPSA) is 73.8 Å². The molecular weight excluding hydrogens is 451 g/mol. The zero-order chi connectivity index (χ0) is 18.2. The van der Waals surface area contributed by atoms with Crippen LogP contribution in [0.1, 0.15) is 32.8 Å². The second kappa shape index (κ2) is 11.7. The normalized spacial score (nSPS) is 12.2. The molecule has 0 spiro atoms. The molecule has 0 unspecified atom stereocenters. The Bertz CT molecular complexity index is 646. The van der Waals surface area contributed by atoms with E-state index in [1.807, 2.05) is 13.0 Å². The zero-order valence-electron chi connectivity index (χ0n) is 15.7. The van der Waals surface area contributed by atoms with E-state index in [1.54, 1.807) is 18.2 Å². The fourth-order valence-electron chi connectivity index (χ4n) is 2.07. The number of nitrogens with zero attached hydrogens (tertiary/aromatic N) is 2. The minimum absolute atomic E-state index is 0. The Kier molecular flexibility index (Phi) is 11.3. The summed E-state index contributed by atoms with van der Waals surface area (Å²) in [6.07, 6.45) is 1.05. The molecule has 2 N–H and O–H groups in total. The second-order valence-corrected chi connectivity index (χ2v) is 8.32. The van der Waals surface area contributed by atoms with Crippen LogP contribution in [0.2, 0.25) is 0 Å². The molecule has 144 valence electrons. The summed E-state index contributed by atoms with van der Waals surface area (Å²) in [6, 6.07) is 6.99. The van der Waals surface area contributed by atoms with Crippen molar-refractivity contribution in [3.63, 3.8) is 0 Å². The lowest BCUT2D eigenvalue weighted by Crippen LogP contribution is -2.38. The van der Waals surface area contributed by atoms with Gasteiger partial charge in [-0.3, -0.25) is 0 Å². The van der Waals surface area contributed by atoms with Crippen molar-refractivity contribution in [1.29, 1.82) is 0 Å². The van der Waals surface area contributed by atoms with E-state index in [0.717, 1.165) is 19.5 Å². The summed E-state index contributed by atoms with van der Waals surface area (Å²) in [6.45, 7) is 8.25. The summed E-state index contributed by atoms with van der Waals surface area (Å²) in [5, 5.41) is 6.47. The van der Waals surface area contributed by atoms with Gasteiger partial charge in [-0.15, -0.1) is 24.0 Å². The van der Waals surface area contributed by atoms with Crippen molar-refractivity contribution in [2.75, 3.05) is 27.2 Å². The summed E-state index contributed by atoms with van der Waals surface area (Å²) in [4.78, 5) is 4.83. The smallest absolute Gasteiger partial charge is 0.242 e. The van der Waals surface area contributed by atoms with Gasteiger partial charge in [0.2, 0.25) is 10.0 Å². The Morgan fingerprint density at radius 1 is 1.20 bits per heavy atom. The fourth-order valence-corrected chi connectivity index (χ4v) is 3.18. The molecule has 0 bridgehead atoms. The number of rotatable bonds is 8. The van der Waals surface area contributed by atoms with Crippen molar-refractivity contribution < 1.29 is 8.42 Å². The van der Waals surface area contributed by atoms with E-state index in [2.05, 4.69) is 29.5 Å². The number of nitrogens with one attached hydrogen (secondary N) is 2. The van der Waals surface area contributed by atoms with Gasteiger partial charge in [0.15, 0.2) is 5.96 Å². The first-order chi connectivity index (χ1) is 11.3. The molecule has 8 heteroatoms. The summed E-state index contributed by atoms with van der Waals surface area (Å²) in [5.74, 6) is 1.32. The van der Waals surface area contributed by atoms with Crippen LogP contribution in [-0.4, -0.2) is 45.9 Å². The molecule has 0 radical (unpaired) electrons. The third-order valence-electron chi connectivity index (χ3n) is 3.50. The van der Waals surface area contributed by atoms with E-state index >= 15 is 0 Å². The number of sulfonamides is 1. The standard InChI is InChI=1S/C17H30N4O2S.HI/c1-6-18-17(19-12-11-14(2)3)20-13-15-9-7-8-10-16(15)24(22,23)21(4)5;/h7-10,14H,6,11-13H2,1-5H3,(H2,18,19,20);1H. The van der Waals surface area contributed by atoms with Crippen molar-refractivity contribution >= 4 is 40.0 Å². The van der Waals surface area contributed by atoms with E-state index < -0.39 is 10.0 Å². The van der Waals surface area contributed by atoms with E-state index in [0.29, 0.717) is 28.9 Å². The van der Waals surface area contributed by atoms with Crippen LogP contribution in [0.15, 0.2) is 34.2 Å². The maximum atomic E-state index is 12.4. The summed E-state index contributed by atoms with van der Waals surface area (Å²) < 4.78 is 26.1. The lowest BCUT2D eigenvalue weighted by atomic mass is 10.1. The highest BCUT2D eigenvalue weighted by atomic mass is 127. The van der Waals surface area contributed by atoms with E-state index in [-0.39, 0.29) is 24.0 Å². The van der Waals surface area contributed by atoms with Crippen LogP contribution < -0.4 is 10.6 Å². The first kappa shape index (κ1) is 24.1. The van der Waals surface area contributed by atoms with Gasteiger partial charge in [0.05, 0.1) is 11.4 Å². The van der Waals surface area contributed by atoms with Crippen LogP contribution in [0.25, 0.3) is 0 Å². The Hall–Kier alpha value is -0.870. The van der Waals surface area contributed by atoms with Crippen molar-refractivity contribution in [2.45, 2.75) is 38.6 Å². The minimum atomic E-state index is -3.47. The average Bonchev–Trinajstić information content (AvgIpc) is 2.52. The van der Waals surface area contributed by atoms with Crippen LogP contribution in [-0.2, 0) is 16.6 Å². The van der Waals surface area contributed by atoms with Crippen molar-refractivity contribution in [2.24, 2.45) is 10.9 Å². The molecule has 0 heterocycles. The molecule has 0 aliphatic carbocycles. The van der Waals surface area contributed by atoms with E-state index in [9.17, 15) is 8.42 Å². The van der Waals surface area contributed by atoms with E-state index in [4.69, 9.17) is 0 Å². The van der Waals surface area contributed by atoms with Crippen molar-refractivity contribution in [3.8, 4) is 0 Å². The average molecular weight is 482 g/mol. The predicted octanol–water partition coefficient (Wildman–Crippen LogP) is 2.66. The maximum Gasteiger partial charge on any atom is 0.242 e. The first-order valence-electron chi connectivity index (χ1n) is 8.31. The summed E-state index contributed by atoms with van der Waals surface area (Å²) >= 11 is 0. The number of halogens is 1. The van der Waals surface area contributed by atoms with Gasteiger partial charge in [-0.05, 0) is 30.9 Å². The number of benzene rings is 1. The Morgan fingerprint density at radius 3 is 2.40 bits per heavy atom. The fraction of sp³-hybridized carbons (Fsp3) is 0.588. The van der Waals surface area contributed by atoms with Crippen LogP contribution in [0.5, 0.6) is 0 Å². The van der Waals surface area contributed by atoms with Gasteiger partial charge in [0.25, 0.3) is 0 Å². The molecule has 1 aromatic carbocycles. The highest BCUT2D eigenvalue weighted by Gasteiger charge is 2.20. The molecule has 1 aromatic rings. The molecule has 25 heavy (non-hydrogen) atoms. The van der Waals surface area contributed by atoms with E-state index in [1.165, 1.54) is 18.4 Å². The minimum Gasteiger partial charge on any atom is -0.357 e. The summed E-state index contributed by atoms with van der Waals surface area (Å²) in [7, 11) is -0.403. The number of hydrogen-bond acceptors (Lipinski definition) is 3. The Morgan fingerprint density at radius 2 is 1.84 bits per heavy atom. The monoisotopic (exact) mass is 482 g/mol. The van der Waals surface area contributed by atoms with Gasteiger partial charge in [0, 0.05) is 27.2 Å². The molecule has 0 saturated carbocycles. The molecule has 0 aromatic heterocycles. The summed E-state index contributed by atoms with van der Waals surface area (Å²) in [5.41, 5.74) is 0.687. The van der Waals surface area contributed by atoms with Crippen LogP contribution >= 0.6 is 24.0 Å². The third-order valence-corrected chi connectivity index (χ3v) is 5.41. The van der Waals surface area contributed by atoms with Crippen LogP contribution in [0, 0.1) is 5.92 Å². The molecule has 6 nitrogen and oxygen atoms in total. The predicted molar refractivity (Wildman–Crippen MR) is 115 cm³/mol. The molecule has 0 atom stereocenters. The largest absolute Gasteiger partial charge is 0.357 e. The second-order valence-electron chi connectivity index (χ2n) is 6.20. The molecule has 1 rings (SSSR count). The van der Waals surface area contributed by atoms with Gasteiger partial charge >= 0.3 is 0 Å². The highest BCUT2D eigenvalue weighted by molar-refractivity contribution is 14.0. The quantitative estimate of drug-likeness (QED) is 0.340. The molecular formula is C17H31IN4O2S. The van der Waals surface area contributed by atoms with Gasteiger partial charge in [-0.2, -0.15) is 0 Å². The Balaban J connectivity index is 0.00000576. The van der Waals surface area contributed by atoms with Gasteiger partial charge < -0.3 is 10.6 Å². The lowest BCUT2D eigenvalue weighted by molar-refractivity contribution is 0.519. The Labute approximate surface area is 169 Å². The first-order valence-corrected chi connectivity index (χ1v) is 9.75. The van der Waals surface area contributed by atoms with Crippen molar-refractivity contribution in [1.82, 2.24) is 14.9 Å². The lowest BCUT2D eigenvalue weighted by Gasteiger charge is -2.15. The van der Waals surface area contributed by atoms with Crippen LogP contribution in [0.3, 0.4) is 0 Å². The maximum absolute atomic E-state index is 12.4.